The molecule has 30 heavy (non-hydrogen) atoms. The van der Waals surface area contributed by atoms with Crippen molar-refractivity contribution in [3.63, 3.8) is 0 Å². The molecule has 1 heteroatoms. The first kappa shape index (κ1) is 22.8. The van der Waals surface area contributed by atoms with E-state index in [-0.39, 0.29) is 5.16 Å². The maximum absolute atomic E-state index is 3.35. The maximum Gasteiger partial charge on any atom is -0.00385 e. The molecule has 0 aliphatic rings. The highest BCUT2D eigenvalue weighted by molar-refractivity contribution is 7.19. The lowest BCUT2D eigenvalue weighted by atomic mass is 9.75. The second-order valence-corrected chi connectivity index (χ2v) is 9.94. The van der Waals surface area contributed by atoms with Crippen LogP contribution in [0.25, 0.3) is 0 Å². The van der Waals surface area contributed by atoms with Crippen LogP contribution in [0, 0.1) is 5.92 Å². The van der Waals surface area contributed by atoms with Gasteiger partial charge in [-0.25, -0.2) is 0 Å². The van der Waals surface area contributed by atoms with E-state index in [4.69, 9.17) is 0 Å². The molecule has 0 aliphatic heterocycles. The molecule has 3 aromatic rings. The smallest absolute Gasteiger partial charge is 0.00385 e. The van der Waals surface area contributed by atoms with Crippen LogP contribution >= 0.6 is 9.24 Å². The first-order valence-electron chi connectivity index (χ1n) is 11.6. The first-order valence-corrected chi connectivity index (χ1v) is 12.2. The molecule has 0 heterocycles. The third-order valence-corrected chi connectivity index (χ3v) is 7.18. The van der Waals surface area contributed by atoms with Crippen molar-refractivity contribution in [3.05, 3.63) is 108 Å². The van der Waals surface area contributed by atoms with E-state index in [1.807, 2.05) is 0 Å². The average molecular weight is 417 g/mol. The summed E-state index contributed by atoms with van der Waals surface area (Å²) in [6, 6.07) is 33.2. The summed E-state index contributed by atoms with van der Waals surface area (Å²) in [4.78, 5) is 0. The highest BCUT2D eigenvalue weighted by atomic mass is 31.0. The number of hydrogen-bond acceptors (Lipinski definition) is 0. The van der Waals surface area contributed by atoms with Crippen molar-refractivity contribution in [1.82, 2.24) is 0 Å². The summed E-state index contributed by atoms with van der Waals surface area (Å²) < 4.78 is 0. The molecule has 0 radical (unpaired) electrons. The van der Waals surface area contributed by atoms with Crippen molar-refractivity contribution in [3.8, 4) is 0 Å². The molecular formula is C29H37P. The van der Waals surface area contributed by atoms with Crippen molar-refractivity contribution in [2.75, 3.05) is 0 Å². The van der Waals surface area contributed by atoms with Gasteiger partial charge in [0.25, 0.3) is 0 Å². The van der Waals surface area contributed by atoms with E-state index in [1.165, 1.54) is 48.8 Å². The first-order chi connectivity index (χ1) is 14.7. The molecule has 0 spiro atoms. The van der Waals surface area contributed by atoms with Gasteiger partial charge in [0.1, 0.15) is 0 Å². The summed E-state index contributed by atoms with van der Waals surface area (Å²) in [5.41, 5.74) is 4.34. The third kappa shape index (κ3) is 7.10. The highest BCUT2D eigenvalue weighted by Crippen LogP contribution is 2.40. The molecule has 0 nitrogen and oxygen atoms in total. The maximum atomic E-state index is 3.35. The molecule has 2 unspecified atom stereocenters. The zero-order valence-corrected chi connectivity index (χ0v) is 19.6. The van der Waals surface area contributed by atoms with E-state index in [0.29, 0.717) is 5.92 Å². The minimum absolute atomic E-state index is 0.144. The van der Waals surface area contributed by atoms with Gasteiger partial charge in [-0.1, -0.05) is 124 Å². The van der Waals surface area contributed by atoms with Crippen LogP contribution < -0.4 is 0 Å². The summed E-state index contributed by atoms with van der Waals surface area (Å²) in [6.07, 6.45) is 9.94. The van der Waals surface area contributed by atoms with Crippen molar-refractivity contribution < 1.29 is 0 Å². The molecule has 0 aliphatic carbocycles. The fraction of sp³-hybridized carbons (Fsp3) is 0.379. The minimum atomic E-state index is 0.144. The van der Waals surface area contributed by atoms with Crippen LogP contribution in [0.5, 0.6) is 0 Å². The van der Waals surface area contributed by atoms with E-state index < -0.39 is 0 Å². The number of hydrogen-bond donors (Lipinski definition) is 0. The molecule has 0 amide bonds. The predicted octanol–water partition coefficient (Wildman–Crippen LogP) is 7.92. The standard InChI is InChI=1S/C29H37P/c1-2-3-4-14-21-28(22-25-15-8-5-9-16-25)29(30,23-26-17-10-6-11-18-26)24-27-19-12-7-13-20-27/h5-13,15-20,28H,2-4,14,21-24,30H2,1H3. The Morgan fingerprint density at radius 2 is 1.10 bits per heavy atom. The monoisotopic (exact) mass is 416 g/mol. The van der Waals surface area contributed by atoms with E-state index in [2.05, 4.69) is 107 Å². The largest absolute Gasteiger partial charge is 0.130 e. The molecule has 0 saturated carbocycles. The summed E-state index contributed by atoms with van der Waals surface area (Å²) >= 11 is 0. The van der Waals surface area contributed by atoms with Gasteiger partial charge in [-0.3, -0.25) is 0 Å². The Hall–Kier alpha value is -1.91. The zero-order chi connectivity index (χ0) is 21.1. The molecular weight excluding hydrogens is 379 g/mol. The Morgan fingerprint density at radius 1 is 0.633 bits per heavy atom. The molecule has 2 atom stereocenters. The molecule has 0 N–H and O–H groups in total. The van der Waals surface area contributed by atoms with Crippen LogP contribution in [0.4, 0.5) is 0 Å². The summed E-state index contributed by atoms with van der Waals surface area (Å²) in [6.45, 7) is 2.30. The number of rotatable bonds is 12. The van der Waals surface area contributed by atoms with Crippen molar-refractivity contribution >= 4 is 9.24 Å². The van der Waals surface area contributed by atoms with E-state index in [1.54, 1.807) is 0 Å². The summed E-state index contributed by atoms with van der Waals surface area (Å²) in [5.74, 6) is 0.627. The van der Waals surface area contributed by atoms with Gasteiger partial charge >= 0.3 is 0 Å². The Balaban J connectivity index is 1.88. The van der Waals surface area contributed by atoms with Gasteiger partial charge in [-0.15, -0.1) is 9.24 Å². The predicted molar refractivity (Wildman–Crippen MR) is 135 cm³/mol. The highest BCUT2D eigenvalue weighted by Gasteiger charge is 2.34. The van der Waals surface area contributed by atoms with E-state index in [0.717, 1.165) is 19.3 Å². The zero-order valence-electron chi connectivity index (χ0n) is 18.5. The van der Waals surface area contributed by atoms with Gasteiger partial charge in [-0.05, 0) is 53.4 Å². The van der Waals surface area contributed by atoms with Gasteiger partial charge in [0.05, 0.1) is 0 Å². The molecule has 0 aromatic heterocycles. The van der Waals surface area contributed by atoms with Crippen molar-refractivity contribution in [2.24, 2.45) is 5.92 Å². The fourth-order valence-corrected chi connectivity index (χ4v) is 5.37. The van der Waals surface area contributed by atoms with Crippen LogP contribution in [0.1, 0.15) is 55.7 Å². The lowest BCUT2D eigenvalue weighted by Gasteiger charge is -2.39. The molecule has 3 aromatic carbocycles. The number of benzene rings is 3. The van der Waals surface area contributed by atoms with Gasteiger partial charge in [0.2, 0.25) is 0 Å². The Bertz CT molecular complexity index is 785. The Morgan fingerprint density at radius 3 is 1.57 bits per heavy atom. The Labute approximate surface area is 186 Å². The average Bonchev–Trinajstić information content (AvgIpc) is 2.78. The van der Waals surface area contributed by atoms with Gasteiger partial charge in [0, 0.05) is 0 Å². The summed E-state index contributed by atoms with van der Waals surface area (Å²) in [5, 5.41) is 0.144. The van der Waals surface area contributed by atoms with Crippen LogP contribution in [0.15, 0.2) is 91.0 Å². The van der Waals surface area contributed by atoms with Crippen LogP contribution in [0.3, 0.4) is 0 Å². The third-order valence-electron chi connectivity index (χ3n) is 6.30. The Kier molecular flexibility index (Phi) is 9.16. The van der Waals surface area contributed by atoms with Gasteiger partial charge < -0.3 is 0 Å². The molecule has 0 bridgehead atoms. The number of unbranched alkanes of at least 4 members (excludes halogenated alkanes) is 3. The van der Waals surface area contributed by atoms with Crippen LogP contribution in [-0.4, -0.2) is 5.16 Å². The SMILES string of the molecule is CCCCCCC(Cc1ccccc1)C(P)(Cc1ccccc1)Cc1ccccc1. The van der Waals surface area contributed by atoms with Crippen molar-refractivity contribution in [2.45, 2.75) is 63.4 Å². The van der Waals surface area contributed by atoms with Gasteiger partial charge in [-0.2, -0.15) is 0 Å². The topological polar surface area (TPSA) is 0 Å². The quantitative estimate of drug-likeness (QED) is 0.208. The molecule has 0 saturated heterocycles. The minimum Gasteiger partial charge on any atom is -0.130 e. The lowest BCUT2D eigenvalue weighted by Crippen LogP contribution is -2.38. The molecule has 3 rings (SSSR count). The fourth-order valence-electron chi connectivity index (χ4n) is 4.61. The normalized spacial score (nSPS) is 12.6. The van der Waals surface area contributed by atoms with Crippen molar-refractivity contribution in [1.29, 1.82) is 0 Å². The van der Waals surface area contributed by atoms with E-state index in [9.17, 15) is 0 Å². The second kappa shape index (κ2) is 12.1. The van der Waals surface area contributed by atoms with Crippen LogP contribution in [-0.2, 0) is 19.3 Å². The van der Waals surface area contributed by atoms with Crippen LogP contribution in [0.2, 0.25) is 0 Å². The summed E-state index contributed by atoms with van der Waals surface area (Å²) in [7, 11) is 3.35. The van der Waals surface area contributed by atoms with Gasteiger partial charge in [0.15, 0.2) is 0 Å². The molecule has 158 valence electrons. The van der Waals surface area contributed by atoms with E-state index >= 15 is 0 Å². The second-order valence-electron chi connectivity index (χ2n) is 8.79. The molecule has 0 fully saturated rings. The lowest BCUT2D eigenvalue weighted by molar-refractivity contribution is 0.331.